The molecule has 2 N–H and O–H groups in total. The summed E-state index contributed by atoms with van der Waals surface area (Å²) in [6, 6.07) is 6.61. The number of halogens is 2. The van der Waals surface area contributed by atoms with Gasteiger partial charge in [-0.2, -0.15) is 0 Å². The van der Waals surface area contributed by atoms with Gasteiger partial charge < -0.3 is 15.4 Å². The van der Waals surface area contributed by atoms with E-state index < -0.39 is 0 Å². The molecule has 0 amide bonds. The van der Waals surface area contributed by atoms with Crippen LogP contribution in [0.3, 0.4) is 0 Å². The Kier molecular flexibility index (Phi) is 8.83. The molecule has 1 aliphatic rings. The van der Waals surface area contributed by atoms with Crippen LogP contribution in [-0.4, -0.2) is 37.8 Å². The van der Waals surface area contributed by atoms with Crippen molar-refractivity contribution in [2.45, 2.75) is 38.7 Å². The van der Waals surface area contributed by atoms with E-state index in [-0.39, 0.29) is 35.4 Å². The molecule has 1 heterocycles. The number of nitrogens with zero attached hydrogens (tertiary/aromatic N) is 1. The molecule has 0 radical (unpaired) electrons. The zero-order valence-electron chi connectivity index (χ0n) is 13.9. The number of aliphatic imine (C=N–C) groups is 1. The maximum Gasteiger partial charge on any atom is 0.191 e. The van der Waals surface area contributed by atoms with Crippen LogP contribution in [0.4, 0.5) is 4.39 Å². The van der Waals surface area contributed by atoms with E-state index in [1.807, 2.05) is 19.1 Å². The monoisotopic (exact) mass is 435 g/mol. The molecule has 1 aromatic carbocycles. The highest BCUT2D eigenvalue weighted by Crippen LogP contribution is 2.24. The van der Waals surface area contributed by atoms with Gasteiger partial charge in [0.1, 0.15) is 5.82 Å². The predicted octanol–water partition coefficient (Wildman–Crippen LogP) is 3.11. The molecule has 23 heavy (non-hydrogen) atoms. The van der Waals surface area contributed by atoms with Crippen molar-refractivity contribution in [3.05, 3.63) is 35.6 Å². The Morgan fingerprint density at radius 1 is 1.30 bits per heavy atom. The molecule has 1 unspecified atom stereocenters. The number of hydrogen-bond donors (Lipinski definition) is 2. The molecule has 1 fully saturated rings. The lowest BCUT2D eigenvalue weighted by Crippen LogP contribution is -2.40. The average Bonchev–Trinajstić information content (AvgIpc) is 2.94. The summed E-state index contributed by atoms with van der Waals surface area (Å²) in [5, 5.41) is 6.56. The van der Waals surface area contributed by atoms with Crippen molar-refractivity contribution in [3.63, 3.8) is 0 Å². The maximum absolute atomic E-state index is 12.9. The largest absolute Gasteiger partial charge is 0.373 e. The minimum Gasteiger partial charge on any atom is -0.373 e. The van der Waals surface area contributed by atoms with E-state index in [1.165, 1.54) is 12.1 Å². The fourth-order valence-electron chi connectivity index (χ4n) is 2.53. The standard InChI is InChI=1S/C17H26FN3O.HI/c1-3-19-16(21-13-17(2)10-4-12-22-17)20-11-9-14-5-7-15(18)8-6-14;/h5-8H,3-4,9-13H2,1-2H3,(H2,19,20,21);1H. The maximum atomic E-state index is 12.9. The van der Waals surface area contributed by atoms with E-state index in [4.69, 9.17) is 4.74 Å². The SMILES string of the molecule is CCNC(=NCC1(C)CCCO1)NCCc1ccc(F)cc1.I. The first-order valence-electron chi connectivity index (χ1n) is 8.02. The van der Waals surface area contributed by atoms with Gasteiger partial charge in [-0.05, 0) is 50.8 Å². The molecule has 0 saturated carbocycles. The van der Waals surface area contributed by atoms with Crippen LogP contribution in [0.25, 0.3) is 0 Å². The van der Waals surface area contributed by atoms with Gasteiger partial charge in [0, 0.05) is 19.7 Å². The third-order valence-electron chi connectivity index (χ3n) is 3.84. The van der Waals surface area contributed by atoms with E-state index in [0.717, 1.165) is 50.5 Å². The van der Waals surface area contributed by atoms with Crippen molar-refractivity contribution < 1.29 is 9.13 Å². The Labute approximate surface area is 155 Å². The lowest BCUT2D eigenvalue weighted by molar-refractivity contribution is 0.0283. The third-order valence-corrected chi connectivity index (χ3v) is 3.84. The number of ether oxygens (including phenoxy) is 1. The van der Waals surface area contributed by atoms with Gasteiger partial charge in [-0.3, -0.25) is 4.99 Å². The fraction of sp³-hybridized carbons (Fsp3) is 0.588. The molecule has 0 aliphatic carbocycles. The average molecular weight is 435 g/mol. The van der Waals surface area contributed by atoms with Crippen LogP contribution in [-0.2, 0) is 11.2 Å². The van der Waals surface area contributed by atoms with E-state index in [9.17, 15) is 4.39 Å². The second-order valence-corrected chi connectivity index (χ2v) is 5.90. The number of nitrogens with one attached hydrogen (secondary N) is 2. The number of guanidine groups is 1. The van der Waals surface area contributed by atoms with Crippen LogP contribution in [0.5, 0.6) is 0 Å². The van der Waals surface area contributed by atoms with E-state index >= 15 is 0 Å². The second-order valence-electron chi connectivity index (χ2n) is 5.90. The zero-order valence-corrected chi connectivity index (χ0v) is 16.2. The van der Waals surface area contributed by atoms with Crippen LogP contribution in [0.1, 0.15) is 32.3 Å². The van der Waals surface area contributed by atoms with E-state index in [0.29, 0.717) is 6.54 Å². The molecule has 1 atom stereocenters. The molecule has 1 aliphatic heterocycles. The molecule has 4 nitrogen and oxygen atoms in total. The Bertz CT molecular complexity index is 487. The lowest BCUT2D eigenvalue weighted by atomic mass is 10.0. The van der Waals surface area contributed by atoms with Gasteiger partial charge >= 0.3 is 0 Å². The molecular formula is C17H27FIN3O. The van der Waals surface area contributed by atoms with Crippen molar-refractivity contribution >= 4 is 29.9 Å². The molecule has 0 spiro atoms. The molecule has 6 heteroatoms. The van der Waals surface area contributed by atoms with Crippen LogP contribution >= 0.6 is 24.0 Å². The van der Waals surface area contributed by atoms with Gasteiger partial charge in [-0.1, -0.05) is 12.1 Å². The zero-order chi connectivity index (χ0) is 15.8. The lowest BCUT2D eigenvalue weighted by Gasteiger charge is -2.21. The Balaban J connectivity index is 0.00000264. The fourth-order valence-corrected chi connectivity index (χ4v) is 2.53. The first-order chi connectivity index (χ1) is 10.6. The summed E-state index contributed by atoms with van der Waals surface area (Å²) < 4.78 is 18.6. The molecule has 0 bridgehead atoms. The molecule has 130 valence electrons. The van der Waals surface area contributed by atoms with Gasteiger partial charge in [0.25, 0.3) is 0 Å². The van der Waals surface area contributed by atoms with Crippen LogP contribution < -0.4 is 10.6 Å². The van der Waals surface area contributed by atoms with Crippen molar-refractivity contribution in [1.82, 2.24) is 10.6 Å². The topological polar surface area (TPSA) is 45.7 Å². The van der Waals surface area contributed by atoms with Crippen LogP contribution in [0.15, 0.2) is 29.3 Å². The van der Waals surface area contributed by atoms with Crippen LogP contribution in [0.2, 0.25) is 0 Å². The van der Waals surface area contributed by atoms with E-state index in [2.05, 4.69) is 22.5 Å². The molecule has 0 aromatic heterocycles. The first kappa shape index (κ1) is 20.2. The summed E-state index contributed by atoms with van der Waals surface area (Å²) in [5.74, 6) is 0.609. The van der Waals surface area contributed by atoms with Crippen molar-refractivity contribution in [2.24, 2.45) is 4.99 Å². The van der Waals surface area contributed by atoms with E-state index in [1.54, 1.807) is 0 Å². The normalized spacial score (nSPS) is 20.9. The summed E-state index contributed by atoms with van der Waals surface area (Å²) in [5.41, 5.74) is 0.982. The number of benzene rings is 1. The molecule has 1 aromatic rings. The van der Waals surface area contributed by atoms with Crippen LogP contribution in [0, 0.1) is 5.82 Å². The summed E-state index contributed by atoms with van der Waals surface area (Å²) in [7, 11) is 0. The van der Waals surface area contributed by atoms with Crippen molar-refractivity contribution in [3.8, 4) is 0 Å². The molecule has 2 rings (SSSR count). The summed E-state index contributed by atoms with van der Waals surface area (Å²) in [6.45, 7) is 7.24. The summed E-state index contributed by atoms with van der Waals surface area (Å²) >= 11 is 0. The number of rotatable bonds is 6. The Morgan fingerprint density at radius 2 is 2.04 bits per heavy atom. The predicted molar refractivity (Wildman–Crippen MR) is 103 cm³/mol. The third kappa shape index (κ3) is 7.03. The van der Waals surface area contributed by atoms with Gasteiger partial charge in [0.2, 0.25) is 0 Å². The Hall–Kier alpha value is -0.890. The smallest absolute Gasteiger partial charge is 0.191 e. The van der Waals surface area contributed by atoms with Gasteiger partial charge in [-0.25, -0.2) is 4.39 Å². The minimum absolute atomic E-state index is 0. The summed E-state index contributed by atoms with van der Waals surface area (Å²) in [6.07, 6.45) is 3.00. The number of hydrogen-bond acceptors (Lipinski definition) is 2. The highest BCUT2D eigenvalue weighted by Gasteiger charge is 2.29. The van der Waals surface area contributed by atoms with Crippen molar-refractivity contribution in [1.29, 1.82) is 0 Å². The van der Waals surface area contributed by atoms with Gasteiger partial charge in [0.05, 0.1) is 12.1 Å². The molecular weight excluding hydrogens is 408 g/mol. The first-order valence-corrected chi connectivity index (χ1v) is 8.02. The highest BCUT2D eigenvalue weighted by atomic mass is 127. The summed E-state index contributed by atoms with van der Waals surface area (Å²) in [4.78, 5) is 4.62. The highest BCUT2D eigenvalue weighted by molar-refractivity contribution is 14.0. The molecule has 1 saturated heterocycles. The quantitative estimate of drug-likeness (QED) is 0.410. The minimum atomic E-state index is -0.198. The van der Waals surface area contributed by atoms with Gasteiger partial charge in [0.15, 0.2) is 5.96 Å². The Morgan fingerprint density at radius 3 is 2.65 bits per heavy atom. The second kappa shape index (κ2) is 10.1. The van der Waals surface area contributed by atoms with Crippen molar-refractivity contribution in [2.75, 3.05) is 26.2 Å². The van der Waals surface area contributed by atoms with Gasteiger partial charge in [-0.15, -0.1) is 24.0 Å².